The van der Waals surface area contributed by atoms with Gasteiger partial charge in [0.1, 0.15) is 17.8 Å². The topological polar surface area (TPSA) is 77.2 Å². The Morgan fingerprint density at radius 3 is 2.59 bits per heavy atom. The SMILES string of the molecule is COc1cccc(-c2cn3cc(CCCCN4CCC(OC)CC4)cc3c(=O)n2CC(=O)NC(C)C)c1. The Hall–Kier alpha value is -3.10. The van der Waals surface area contributed by atoms with E-state index in [0.717, 1.165) is 62.9 Å². The van der Waals surface area contributed by atoms with Crippen LogP contribution in [0.3, 0.4) is 0 Å². The van der Waals surface area contributed by atoms with Crippen molar-refractivity contribution < 1.29 is 14.3 Å². The molecule has 1 N–H and O–H groups in total. The van der Waals surface area contributed by atoms with Crippen LogP contribution in [0.4, 0.5) is 0 Å². The summed E-state index contributed by atoms with van der Waals surface area (Å²) in [5, 5.41) is 2.90. The molecule has 3 aromatic rings. The van der Waals surface area contributed by atoms with E-state index in [1.807, 2.05) is 61.0 Å². The molecule has 0 saturated carbocycles. The number of rotatable bonds is 11. The summed E-state index contributed by atoms with van der Waals surface area (Å²) in [6.45, 7) is 7.08. The number of ether oxygens (including phenoxy) is 2. The van der Waals surface area contributed by atoms with Crippen molar-refractivity contribution in [3.63, 3.8) is 0 Å². The minimum absolute atomic E-state index is 0.00144. The summed E-state index contributed by atoms with van der Waals surface area (Å²) in [6, 6.07) is 9.54. The normalized spacial score (nSPS) is 14.9. The van der Waals surface area contributed by atoms with Crippen LogP contribution in [-0.2, 0) is 22.5 Å². The van der Waals surface area contributed by atoms with E-state index in [2.05, 4.69) is 10.2 Å². The van der Waals surface area contributed by atoms with Crippen LogP contribution in [0, 0.1) is 0 Å². The lowest BCUT2D eigenvalue weighted by atomic mass is 10.1. The summed E-state index contributed by atoms with van der Waals surface area (Å²) < 4.78 is 14.3. The summed E-state index contributed by atoms with van der Waals surface area (Å²) in [5.41, 5.74) is 3.04. The summed E-state index contributed by atoms with van der Waals surface area (Å²) >= 11 is 0. The quantitative estimate of drug-likeness (QED) is 0.400. The van der Waals surface area contributed by atoms with Gasteiger partial charge in [-0.05, 0) is 76.3 Å². The van der Waals surface area contributed by atoms with Crippen molar-refractivity contribution >= 4 is 11.4 Å². The molecule has 0 spiro atoms. The van der Waals surface area contributed by atoms with Crippen LogP contribution in [0.2, 0.25) is 0 Å². The standard InChI is InChI=1S/C29H40N4O4/c1-21(2)30-28(34)20-33-27(23-9-7-10-25(17-23)37-4)19-32-18-22(16-26(32)29(33)35)8-5-6-13-31-14-11-24(36-3)12-15-31/h7,9-10,16-19,21,24H,5-6,8,11-15,20H2,1-4H3,(H,30,34). The molecule has 37 heavy (non-hydrogen) atoms. The van der Waals surface area contributed by atoms with Gasteiger partial charge in [-0.25, -0.2) is 0 Å². The third-order valence-corrected chi connectivity index (χ3v) is 7.10. The van der Waals surface area contributed by atoms with Crippen LogP contribution in [0.15, 0.2) is 47.5 Å². The van der Waals surface area contributed by atoms with E-state index in [4.69, 9.17) is 9.47 Å². The zero-order valence-corrected chi connectivity index (χ0v) is 22.5. The molecule has 4 rings (SSSR count). The van der Waals surface area contributed by atoms with Crippen LogP contribution < -0.4 is 15.6 Å². The molecular weight excluding hydrogens is 468 g/mol. The Labute approximate surface area is 219 Å². The van der Waals surface area contributed by atoms with Gasteiger partial charge in [-0.3, -0.25) is 14.2 Å². The molecule has 2 aromatic heterocycles. The van der Waals surface area contributed by atoms with Gasteiger partial charge in [-0.2, -0.15) is 0 Å². The van der Waals surface area contributed by atoms with Crippen LogP contribution in [-0.4, -0.2) is 65.8 Å². The monoisotopic (exact) mass is 508 g/mol. The molecular formula is C29H40N4O4. The molecule has 0 aliphatic carbocycles. The number of piperidine rings is 1. The fourth-order valence-electron chi connectivity index (χ4n) is 5.11. The van der Waals surface area contributed by atoms with Gasteiger partial charge >= 0.3 is 0 Å². The number of aryl methyl sites for hydroxylation is 1. The number of aromatic nitrogens is 2. The first kappa shape index (κ1) is 26.9. The number of nitrogens with one attached hydrogen (secondary N) is 1. The third-order valence-electron chi connectivity index (χ3n) is 7.10. The van der Waals surface area contributed by atoms with Gasteiger partial charge in [-0.15, -0.1) is 0 Å². The number of amides is 1. The average Bonchev–Trinajstić information content (AvgIpc) is 3.31. The number of hydrogen-bond acceptors (Lipinski definition) is 5. The van der Waals surface area contributed by atoms with Crippen molar-refractivity contribution in [2.45, 2.75) is 64.6 Å². The number of methoxy groups -OCH3 is 2. The van der Waals surface area contributed by atoms with Crippen LogP contribution in [0.25, 0.3) is 16.8 Å². The highest BCUT2D eigenvalue weighted by Crippen LogP contribution is 2.24. The Balaban J connectivity index is 1.53. The van der Waals surface area contributed by atoms with E-state index in [9.17, 15) is 9.59 Å². The smallest absolute Gasteiger partial charge is 0.275 e. The number of fused-ring (bicyclic) bond motifs is 1. The molecule has 1 saturated heterocycles. The van der Waals surface area contributed by atoms with Gasteiger partial charge in [0.05, 0.1) is 18.9 Å². The van der Waals surface area contributed by atoms with Crippen LogP contribution >= 0.6 is 0 Å². The van der Waals surface area contributed by atoms with Crippen molar-refractivity contribution in [3.05, 3.63) is 58.6 Å². The highest BCUT2D eigenvalue weighted by atomic mass is 16.5. The van der Waals surface area contributed by atoms with Gasteiger partial charge in [0, 0.05) is 44.2 Å². The fourth-order valence-corrected chi connectivity index (χ4v) is 5.11. The average molecular weight is 509 g/mol. The van der Waals surface area contributed by atoms with Crippen molar-refractivity contribution in [1.29, 1.82) is 0 Å². The van der Waals surface area contributed by atoms with E-state index in [0.29, 0.717) is 23.1 Å². The number of nitrogens with zero attached hydrogens (tertiary/aromatic N) is 3. The molecule has 3 heterocycles. The largest absolute Gasteiger partial charge is 0.497 e. The minimum atomic E-state index is -0.188. The molecule has 1 aromatic carbocycles. The number of benzene rings is 1. The fraction of sp³-hybridized carbons (Fsp3) is 0.517. The molecule has 200 valence electrons. The third kappa shape index (κ3) is 6.81. The van der Waals surface area contributed by atoms with Crippen molar-refractivity contribution in [2.75, 3.05) is 33.9 Å². The van der Waals surface area contributed by atoms with Crippen molar-refractivity contribution in [3.8, 4) is 17.0 Å². The summed E-state index contributed by atoms with van der Waals surface area (Å²) in [6.07, 6.45) is 9.72. The van der Waals surface area contributed by atoms with E-state index in [1.54, 1.807) is 18.8 Å². The molecule has 8 nitrogen and oxygen atoms in total. The molecule has 1 fully saturated rings. The number of likely N-dealkylation sites (tertiary alicyclic amines) is 1. The van der Waals surface area contributed by atoms with E-state index < -0.39 is 0 Å². The van der Waals surface area contributed by atoms with Gasteiger partial charge in [-0.1, -0.05) is 12.1 Å². The molecule has 0 unspecified atom stereocenters. The summed E-state index contributed by atoms with van der Waals surface area (Å²) in [7, 11) is 3.42. The lowest BCUT2D eigenvalue weighted by Gasteiger charge is -2.31. The molecule has 1 amide bonds. The maximum Gasteiger partial charge on any atom is 0.275 e. The van der Waals surface area contributed by atoms with Gasteiger partial charge in [0.15, 0.2) is 0 Å². The Morgan fingerprint density at radius 2 is 1.89 bits per heavy atom. The lowest BCUT2D eigenvalue weighted by Crippen LogP contribution is -2.37. The highest BCUT2D eigenvalue weighted by molar-refractivity contribution is 5.77. The number of hydrogen-bond donors (Lipinski definition) is 1. The summed E-state index contributed by atoms with van der Waals surface area (Å²) in [5.74, 6) is 0.509. The maximum atomic E-state index is 13.6. The number of unbranched alkanes of at least 4 members (excludes halogenated alkanes) is 1. The predicted octanol–water partition coefficient (Wildman–Crippen LogP) is 3.73. The van der Waals surface area contributed by atoms with Crippen LogP contribution in [0.1, 0.15) is 45.1 Å². The zero-order chi connectivity index (χ0) is 26.4. The molecule has 8 heteroatoms. The van der Waals surface area contributed by atoms with E-state index in [1.165, 1.54) is 0 Å². The second-order valence-corrected chi connectivity index (χ2v) is 10.2. The Kier molecular flexibility index (Phi) is 9.05. The van der Waals surface area contributed by atoms with Crippen molar-refractivity contribution in [1.82, 2.24) is 19.2 Å². The van der Waals surface area contributed by atoms with Gasteiger partial charge in [0.25, 0.3) is 5.56 Å². The summed E-state index contributed by atoms with van der Waals surface area (Å²) in [4.78, 5) is 28.8. The minimum Gasteiger partial charge on any atom is -0.497 e. The molecule has 0 atom stereocenters. The van der Waals surface area contributed by atoms with E-state index >= 15 is 0 Å². The van der Waals surface area contributed by atoms with Gasteiger partial charge < -0.3 is 24.1 Å². The first-order valence-electron chi connectivity index (χ1n) is 13.3. The predicted molar refractivity (Wildman–Crippen MR) is 146 cm³/mol. The zero-order valence-electron chi connectivity index (χ0n) is 22.5. The molecule has 1 aliphatic heterocycles. The number of carbonyl (C=O) groups excluding carboxylic acids is 1. The van der Waals surface area contributed by atoms with Crippen LogP contribution in [0.5, 0.6) is 5.75 Å². The molecule has 0 radical (unpaired) electrons. The second-order valence-electron chi connectivity index (χ2n) is 10.2. The second kappa shape index (κ2) is 12.4. The Bertz CT molecular complexity index is 1250. The molecule has 1 aliphatic rings. The maximum absolute atomic E-state index is 13.6. The lowest BCUT2D eigenvalue weighted by molar-refractivity contribution is -0.122. The Morgan fingerprint density at radius 1 is 1.11 bits per heavy atom. The van der Waals surface area contributed by atoms with Gasteiger partial charge in [0.2, 0.25) is 5.91 Å². The number of carbonyl (C=O) groups is 1. The highest BCUT2D eigenvalue weighted by Gasteiger charge is 2.19. The van der Waals surface area contributed by atoms with E-state index in [-0.39, 0.29) is 24.1 Å². The van der Waals surface area contributed by atoms with Crippen molar-refractivity contribution in [2.24, 2.45) is 0 Å². The first-order valence-corrected chi connectivity index (χ1v) is 13.3. The first-order chi connectivity index (χ1) is 17.9. The molecule has 0 bridgehead atoms.